The summed E-state index contributed by atoms with van der Waals surface area (Å²) in [5.41, 5.74) is 9.11. The summed E-state index contributed by atoms with van der Waals surface area (Å²) < 4.78 is 0. The topological polar surface area (TPSA) is 161 Å². The molecule has 4 rings (SSSR count). The first-order chi connectivity index (χ1) is 20.4. The molecule has 0 saturated heterocycles. The van der Waals surface area contributed by atoms with Crippen molar-refractivity contribution >= 4 is 41.6 Å². The van der Waals surface area contributed by atoms with Crippen molar-refractivity contribution in [2.24, 2.45) is 4.99 Å². The van der Waals surface area contributed by atoms with E-state index in [2.05, 4.69) is 28.8 Å². The summed E-state index contributed by atoms with van der Waals surface area (Å²) in [7, 11) is 0. The van der Waals surface area contributed by atoms with Crippen LogP contribution < -0.4 is 10.6 Å². The maximum absolute atomic E-state index is 12.3. The summed E-state index contributed by atoms with van der Waals surface area (Å²) in [5.74, 6) is -2.36. The molecule has 3 aliphatic rings. The third-order valence-electron chi connectivity index (χ3n) is 7.86. The Morgan fingerprint density at radius 3 is 1.98 bits per heavy atom. The number of aromatic amines is 1. The summed E-state index contributed by atoms with van der Waals surface area (Å²) in [6, 6.07) is 0. The van der Waals surface area contributed by atoms with Gasteiger partial charge in [-0.15, -0.1) is 0 Å². The fourth-order valence-electron chi connectivity index (χ4n) is 5.33. The number of H-pyrrole nitrogens is 1. The van der Waals surface area contributed by atoms with Gasteiger partial charge in [-0.3, -0.25) is 19.2 Å². The van der Waals surface area contributed by atoms with Crippen LogP contribution in [0, 0.1) is 6.92 Å². The molecule has 5 N–H and O–H groups in total. The van der Waals surface area contributed by atoms with Crippen molar-refractivity contribution in [3.8, 4) is 0 Å². The van der Waals surface area contributed by atoms with E-state index in [-0.39, 0.29) is 57.0 Å². The first-order valence-corrected chi connectivity index (χ1v) is 13.8. The van der Waals surface area contributed by atoms with Gasteiger partial charge in [0, 0.05) is 66.1 Å². The molecule has 0 fully saturated rings. The third-order valence-corrected chi connectivity index (χ3v) is 7.86. The van der Waals surface area contributed by atoms with E-state index in [0.717, 1.165) is 27.8 Å². The first-order valence-electron chi connectivity index (χ1n) is 13.8. The van der Waals surface area contributed by atoms with Gasteiger partial charge in [0.25, 0.3) is 11.8 Å². The summed E-state index contributed by atoms with van der Waals surface area (Å²) in [6.45, 7) is 14.8. The van der Waals surface area contributed by atoms with Crippen molar-refractivity contribution in [2.75, 3.05) is 0 Å². The zero-order valence-electron chi connectivity index (χ0n) is 25.3. The predicted molar refractivity (Wildman–Crippen MR) is 165 cm³/mol. The van der Waals surface area contributed by atoms with Crippen LogP contribution in [0.25, 0.3) is 12.2 Å². The molecule has 44 heavy (non-hydrogen) atoms. The second-order valence-electron chi connectivity index (χ2n) is 10.5. The number of nitrogens with zero attached hydrogens (tertiary/aromatic N) is 1. The van der Waals surface area contributed by atoms with Crippen LogP contribution in [0.15, 0.2) is 86.9 Å². The SMILES string of the molecule is C=CC1=C(C)/C(=C/C2=NC(=C\c3[nH]c(/C=C4\NC(=O)C(C)=C4C=C)c(C)c3CCC(=O)O)/C(CCC(=O)O)=C2C)NC1=O.[Zn]. The number of aliphatic carboxylic acids is 2. The number of amides is 2. The number of nitrogens with one attached hydrogen (secondary N) is 3. The van der Waals surface area contributed by atoms with Crippen LogP contribution in [-0.2, 0) is 45.1 Å². The van der Waals surface area contributed by atoms with Crippen LogP contribution in [-0.4, -0.2) is 44.7 Å². The summed E-state index contributed by atoms with van der Waals surface area (Å²) in [5, 5.41) is 24.5. The number of carboxylic acids is 2. The van der Waals surface area contributed by atoms with Crippen LogP contribution >= 0.6 is 0 Å². The number of hydrogen-bond donors (Lipinski definition) is 5. The number of allylic oxidation sites excluding steroid dienone is 5. The van der Waals surface area contributed by atoms with E-state index in [0.29, 0.717) is 50.9 Å². The molecule has 2 amide bonds. The molecule has 224 valence electrons. The van der Waals surface area contributed by atoms with Gasteiger partial charge in [-0.2, -0.15) is 0 Å². The van der Waals surface area contributed by atoms with Crippen LogP contribution in [0.5, 0.6) is 0 Å². The van der Waals surface area contributed by atoms with Gasteiger partial charge in [0.2, 0.25) is 0 Å². The molecule has 0 bridgehead atoms. The zero-order valence-corrected chi connectivity index (χ0v) is 28.3. The number of rotatable bonds is 11. The fraction of sp³-hybridized carbons (Fsp3) is 0.242. The molecular weight excluding hydrogens is 614 g/mol. The van der Waals surface area contributed by atoms with Gasteiger partial charge in [-0.05, 0) is 86.6 Å². The Hall–Kier alpha value is -4.63. The van der Waals surface area contributed by atoms with E-state index >= 15 is 0 Å². The molecule has 0 atom stereocenters. The predicted octanol–water partition coefficient (Wildman–Crippen LogP) is 4.80. The number of carboxylic acid groups (broad SMARTS) is 2. The smallest absolute Gasteiger partial charge is 0.303 e. The molecular formula is C33H34N4O6Zn. The quantitative estimate of drug-likeness (QED) is 0.217. The second-order valence-corrected chi connectivity index (χ2v) is 10.5. The molecule has 0 aliphatic carbocycles. The van der Waals surface area contributed by atoms with Gasteiger partial charge in [-0.25, -0.2) is 4.99 Å². The summed E-state index contributed by atoms with van der Waals surface area (Å²) in [6.07, 6.45) is 8.72. The molecule has 3 aliphatic heterocycles. The van der Waals surface area contributed by atoms with E-state index in [1.165, 1.54) is 6.08 Å². The van der Waals surface area contributed by atoms with Crippen LogP contribution in [0.3, 0.4) is 0 Å². The molecule has 1 aromatic heterocycles. The first kappa shape index (κ1) is 33.9. The van der Waals surface area contributed by atoms with Gasteiger partial charge < -0.3 is 25.8 Å². The Morgan fingerprint density at radius 1 is 0.773 bits per heavy atom. The number of carbonyl (C=O) groups excluding carboxylic acids is 2. The van der Waals surface area contributed by atoms with E-state index in [9.17, 15) is 29.4 Å². The number of carbonyl (C=O) groups is 4. The van der Waals surface area contributed by atoms with Crippen LogP contribution in [0.4, 0.5) is 0 Å². The van der Waals surface area contributed by atoms with Crippen molar-refractivity contribution in [3.05, 3.63) is 104 Å². The zero-order chi connectivity index (χ0) is 31.6. The molecule has 0 spiro atoms. The minimum Gasteiger partial charge on any atom is -0.481 e. The van der Waals surface area contributed by atoms with Crippen molar-refractivity contribution in [1.82, 2.24) is 15.6 Å². The number of aromatic nitrogens is 1. The largest absolute Gasteiger partial charge is 0.481 e. The Bertz CT molecular complexity index is 1730. The third kappa shape index (κ3) is 6.78. The fourth-order valence-corrected chi connectivity index (χ4v) is 5.33. The molecule has 4 heterocycles. The minimum absolute atomic E-state index is 0. The second kappa shape index (κ2) is 13.8. The monoisotopic (exact) mass is 646 g/mol. The van der Waals surface area contributed by atoms with E-state index < -0.39 is 11.9 Å². The van der Waals surface area contributed by atoms with Crippen molar-refractivity contribution in [1.29, 1.82) is 0 Å². The standard InChI is InChI=1S/C33H34N4O6.Zn/c1-7-20-19(6)32(42)37-27(20)14-25-18(5)23(10-12-31(40)41)29(35-25)15-28-22(9-11-30(38)39)17(4)24(34-28)13-26-16(3)21(8-2)33(43)36-26;/h7-8,13-15,35H,1-2,9-12H2,3-6H3,(H,36,43)(H,37,42)(H,38,39)(H,40,41);/b26-13-,27-14-,28-15-;. The average Bonchev–Trinajstić information content (AvgIpc) is 3.59. The van der Waals surface area contributed by atoms with Gasteiger partial charge in [0.05, 0.1) is 17.1 Å². The molecule has 0 radical (unpaired) electrons. The Morgan fingerprint density at radius 2 is 1.39 bits per heavy atom. The molecule has 0 unspecified atom stereocenters. The molecule has 1 aromatic rings. The molecule has 0 saturated carbocycles. The Kier molecular flexibility index (Phi) is 10.6. The maximum Gasteiger partial charge on any atom is 0.303 e. The van der Waals surface area contributed by atoms with Crippen molar-refractivity contribution < 1.29 is 48.9 Å². The number of hydrogen-bond acceptors (Lipinski definition) is 5. The van der Waals surface area contributed by atoms with E-state index in [4.69, 9.17) is 4.99 Å². The van der Waals surface area contributed by atoms with Crippen molar-refractivity contribution in [2.45, 2.75) is 53.4 Å². The molecule has 0 aromatic carbocycles. The van der Waals surface area contributed by atoms with E-state index in [1.807, 2.05) is 20.8 Å². The Labute approximate surface area is 268 Å². The van der Waals surface area contributed by atoms with Gasteiger partial charge in [0.15, 0.2) is 0 Å². The van der Waals surface area contributed by atoms with Crippen LogP contribution in [0.1, 0.15) is 62.5 Å². The van der Waals surface area contributed by atoms with E-state index in [1.54, 1.807) is 31.2 Å². The van der Waals surface area contributed by atoms with Gasteiger partial charge in [0.1, 0.15) is 0 Å². The molecule has 10 nitrogen and oxygen atoms in total. The Balaban J connectivity index is 0.00000529. The van der Waals surface area contributed by atoms with Crippen molar-refractivity contribution in [3.63, 3.8) is 0 Å². The summed E-state index contributed by atoms with van der Waals surface area (Å²) in [4.78, 5) is 55.8. The number of aliphatic imine (C=N–C) groups is 1. The summed E-state index contributed by atoms with van der Waals surface area (Å²) >= 11 is 0. The average molecular weight is 648 g/mol. The normalized spacial score (nSPS) is 19.2. The molecule has 11 heteroatoms. The minimum atomic E-state index is -0.948. The maximum atomic E-state index is 12.3. The van der Waals surface area contributed by atoms with Gasteiger partial charge in [-0.1, -0.05) is 25.3 Å². The van der Waals surface area contributed by atoms with Crippen LogP contribution in [0.2, 0.25) is 0 Å². The van der Waals surface area contributed by atoms with Gasteiger partial charge >= 0.3 is 11.9 Å².